The van der Waals surface area contributed by atoms with E-state index in [1.54, 1.807) is 12.2 Å². The molecule has 0 aliphatic carbocycles. The van der Waals surface area contributed by atoms with E-state index in [9.17, 15) is 4.39 Å². The highest BCUT2D eigenvalue weighted by atomic mass is 79.9. The zero-order valence-corrected chi connectivity index (χ0v) is 10.4. The van der Waals surface area contributed by atoms with Crippen LogP contribution in [0.5, 0.6) is 0 Å². The molecule has 0 N–H and O–H groups in total. The van der Waals surface area contributed by atoms with Gasteiger partial charge in [0.05, 0.1) is 0 Å². The molecule has 0 radical (unpaired) electrons. The summed E-state index contributed by atoms with van der Waals surface area (Å²) in [5.74, 6) is -0.153. The summed E-state index contributed by atoms with van der Waals surface area (Å²) in [6.07, 6.45) is 3.52. The molecular weight excluding hydrogens is 231 g/mol. The molecule has 0 fully saturated rings. The molecule has 0 amide bonds. The molecule has 0 rings (SSSR count). The van der Waals surface area contributed by atoms with E-state index < -0.39 is 0 Å². The van der Waals surface area contributed by atoms with E-state index in [1.165, 1.54) is 6.92 Å². The van der Waals surface area contributed by atoms with Gasteiger partial charge in [-0.25, -0.2) is 4.39 Å². The second-order valence-electron chi connectivity index (χ2n) is 2.37. The summed E-state index contributed by atoms with van der Waals surface area (Å²) in [7, 11) is 0. The van der Waals surface area contributed by atoms with Crippen molar-refractivity contribution in [1.82, 2.24) is 0 Å². The fraction of sp³-hybridized carbons (Fsp3) is 0.455. The summed E-state index contributed by atoms with van der Waals surface area (Å²) >= 11 is 3.19. The molecule has 0 aromatic carbocycles. The van der Waals surface area contributed by atoms with E-state index in [1.807, 2.05) is 20.8 Å². The molecule has 2 heteroatoms. The Balaban J connectivity index is 0. The Bertz CT molecular complexity index is 198. The molecule has 0 aliphatic heterocycles. The Morgan fingerprint density at radius 2 is 1.77 bits per heavy atom. The van der Waals surface area contributed by atoms with E-state index in [0.29, 0.717) is 10.9 Å². The van der Waals surface area contributed by atoms with Crippen LogP contribution in [-0.4, -0.2) is 5.33 Å². The Hall–Kier alpha value is -0.370. The Labute approximate surface area is 89.4 Å². The summed E-state index contributed by atoms with van der Waals surface area (Å²) in [6.45, 7) is 11.0. The Morgan fingerprint density at radius 3 is 2.00 bits per heavy atom. The van der Waals surface area contributed by atoms with Crippen LogP contribution in [0.2, 0.25) is 0 Å². The van der Waals surface area contributed by atoms with Crippen molar-refractivity contribution in [1.29, 1.82) is 0 Å². The molecule has 0 unspecified atom stereocenters. The minimum Gasteiger partial charge on any atom is -0.212 e. The van der Waals surface area contributed by atoms with Gasteiger partial charge >= 0.3 is 0 Å². The van der Waals surface area contributed by atoms with Crippen molar-refractivity contribution in [2.45, 2.75) is 27.7 Å². The lowest BCUT2D eigenvalue weighted by Crippen LogP contribution is -1.81. The molecular formula is C11H18BrF. The largest absolute Gasteiger partial charge is 0.212 e. The zero-order chi connectivity index (χ0) is 10.9. The molecule has 0 saturated carbocycles. The highest BCUT2D eigenvalue weighted by Crippen LogP contribution is 2.10. The number of halogens is 2. The molecule has 0 aromatic rings. The van der Waals surface area contributed by atoms with Crippen molar-refractivity contribution in [3.05, 3.63) is 35.7 Å². The van der Waals surface area contributed by atoms with Crippen LogP contribution < -0.4 is 0 Å². The van der Waals surface area contributed by atoms with Crippen LogP contribution in [0, 0.1) is 0 Å². The van der Waals surface area contributed by atoms with Crippen molar-refractivity contribution in [2.24, 2.45) is 0 Å². The van der Waals surface area contributed by atoms with Crippen LogP contribution in [0.15, 0.2) is 35.7 Å². The third-order valence-electron chi connectivity index (χ3n) is 1.16. The summed E-state index contributed by atoms with van der Waals surface area (Å²) in [4.78, 5) is 0. The minimum absolute atomic E-state index is 0.153. The van der Waals surface area contributed by atoms with Gasteiger partial charge < -0.3 is 0 Å². The van der Waals surface area contributed by atoms with Crippen LogP contribution in [0.25, 0.3) is 0 Å². The van der Waals surface area contributed by atoms with E-state index in [2.05, 4.69) is 22.5 Å². The molecule has 0 aromatic heterocycles. The number of allylic oxidation sites excluding steroid dienone is 5. The van der Waals surface area contributed by atoms with E-state index in [4.69, 9.17) is 0 Å². The molecule has 0 aliphatic rings. The molecule has 0 spiro atoms. The number of alkyl halides is 1. The first kappa shape index (κ1) is 15.1. The normalized spacial score (nSPS) is 11.8. The first-order valence-corrected chi connectivity index (χ1v) is 5.45. The predicted molar refractivity (Wildman–Crippen MR) is 62.9 cm³/mol. The molecule has 13 heavy (non-hydrogen) atoms. The van der Waals surface area contributed by atoms with Crippen molar-refractivity contribution in [2.75, 3.05) is 5.33 Å². The number of hydrogen-bond donors (Lipinski definition) is 0. The van der Waals surface area contributed by atoms with Gasteiger partial charge in [-0.1, -0.05) is 54.1 Å². The maximum absolute atomic E-state index is 12.6. The molecule has 76 valence electrons. The summed E-state index contributed by atoms with van der Waals surface area (Å²) in [5.41, 5.74) is 1.58. The van der Waals surface area contributed by atoms with Crippen LogP contribution in [0.3, 0.4) is 0 Å². The number of hydrogen-bond acceptors (Lipinski definition) is 0. The van der Waals surface area contributed by atoms with Crippen LogP contribution in [0.1, 0.15) is 27.7 Å². The van der Waals surface area contributed by atoms with E-state index in [0.717, 1.165) is 5.57 Å². The van der Waals surface area contributed by atoms with Gasteiger partial charge in [-0.2, -0.15) is 0 Å². The van der Waals surface area contributed by atoms with Crippen LogP contribution in [0.4, 0.5) is 4.39 Å². The van der Waals surface area contributed by atoms with Gasteiger partial charge in [0, 0.05) is 5.33 Å². The average molecular weight is 249 g/mol. The lowest BCUT2D eigenvalue weighted by Gasteiger charge is -1.95. The molecule has 0 bridgehead atoms. The third-order valence-corrected chi connectivity index (χ3v) is 1.76. The van der Waals surface area contributed by atoms with Crippen LogP contribution in [-0.2, 0) is 0 Å². The first-order chi connectivity index (χ1) is 6.07. The Morgan fingerprint density at radius 1 is 1.31 bits per heavy atom. The van der Waals surface area contributed by atoms with Gasteiger partial charge in [-0.3, -0.25) is 0 Å². The van der Waals surface area contributed by atoms with Gasteiger partial charge in [-0.15, -0.1) is 0 Å². The number of rotatable bonds is 3. The third kappa shape index (κ3) is 9.54. The average Bonchev–Trinajstić information content (AvgIpc) is 2.08. The maximum atomic E-state index is 12.6. The first-order valence-electron chi connectivity index (χ1n) is 4.32. The second-order valence-corrected chi connectivity index (χ2v) is 2.93. The summed E-state index contributed by atoms with van der Waals surface area (Å²) < 4.78 is 12.6. The van der Waals surface area contributed by atoms with Gasteiger partial charge in [0.2, 0.25) is 0 Å². The highest BCUT2D eigenvalue weighted by Gasteiger charge is 1.94. The van der Waals surface area contributed by atoms with Gasteiger partial charge in [0.1, 0.15) is 5.83 Å². The lowest BCUT2D eigenvalue weighted by molar-refractivity contribution is 0.632. The van der Waals surface area contributed by atoms with E-state index in [-0.39, 0.29) is 5.83 Å². The topological polar surface area (TPSA) is 0 Å². The van der Waals surface area contributed by atoms with E-state index >= 15 is 0 Å². The standard InChI is InChI=1S/C9H12BrF.C2H6/c1-7(2)4-5-9(6-10)8(3)11;1-2/h4-5H,1,6H2,2-3H3;1-2H3/b5-4-,9-8-;. The smallest absolute Gasteiger partial charge is 0.101 e. The molecule has 0 saturated heterocycles. The summed E-state index contributed by atoms with van der Waals surface area (Å²) in [6, 6.07) is 0. The van der Waals surface area contributed by atoms with Gasteiger partial charge in [0.25, 0.3) is 0 Å². The van der Waals surface area contributed by atoms with Crippen molar-refractivity contribution >= 4 is 15.9 Å². The fourth-order valence-corrected chi connectivity index (χ4v) is 1.07. The fourth-order valence-electron chi connectivity index (χ4n) is 0.494. The highest BCUT2D eigenvalue weighted by molar-refractivity contribution is 9.09. The molecule has 0 heterocycles. The van der Waals surface area contributed by atoms with Crippen LogP contribution >= 0.6 is 15.9 Å². The minimum atomic E-state index is -0.153. The van der Waals surface area contributed by atoms with Crippen molar-refractivity contribution in [3.63, 3.8) is 0 Å². The van der Waals surface area contributed by atoms with Gasteiger partial charge in [0.15, 0.2) is 0 Å². The van der Waals surface area contributed by atoms with Gasteiger partial charge in [-0.05, 0) is 19.4 Å². The van der Waals surface area contributed by atoms with Crippen molar-refractivity contribution < 1.29 is 4.39 Å². The molecule has 0 atom stereocenters. The SMILES string of the molecule is C=C(C)/C=C\C(CBr)=C(/C)F.CC. The zero-order valence-electron chi connectivity index (χ0n) is 8.82. The maximum Gasteiger partial charge on any atom is 0.101 e. The lowest BCUT2D eigenvalue weighted by atomic mass is 10.2. The predicted octanol–water partition coefficient (Wildman–Crippen LogP) is 4.78. The molecule has 0 nitrogen and oxygen atoms in total. The second kappa shape index (κ2) is 9.72. The Kier molecular flexibility index (Phi) is 11.3. The monoisotopic (exact) mass is 248 g/mol. The van der Waals surface area contributed by atoms with Crippen molar-refractivity contribution in [3.8, 4) is 0 Å². The quantitative estimate of drug-likeness (QED) is 0.498. The summed E-state index contributed by atoms with van der Waals surface area (Å²) in [5, 5.41) is 0.541.